The molecule has 0 heterocycles. The minimum atomic E-state index is 0.870. The lowest BCUT2D eigenvalue weighted by Gasteiger charge is -2.28. The Morgan fingerprint density at radius 2 is 1.94 bits per heavy atom. The summed E-state index contributed by atoms with van der Waals surface area (Å²) in [4.78, 5) is 0. The Kier molecular flexibility index (Phi) is 5.21. The van der Waals surface area contributed by atoms with E-state index in [-0.39, 0.29) is 0 Å². The van der Waals surface area contributed by atoms with Crippen LogP contribution < -0.4 is 5.32 Å². The molecule has 0 unspecified atom stereocenters. The second kappa shape index (κ2) is 6.44. The van der Waals surface area contributed by atoms with Crippen molar-refractivity contribution < 1.29 is 0 Å². The lowest BCUT2D eigenvalue weighted by molar-refractivity contribution is 0.827. The smallest absolute Gasteiger partial charge is 0.0452 e. The van der Waals surface area contributed by atoms with E-state index in [1.807, 2.05) is 0 Å². The zero-order chi connectivity index (χ0) is 13.7. The van der Waals surface area contributed by atoms with Gasteiger partial charge in [0.2, 0.25) is 0 Å². The van der Waals surface area contributed by atoms with Crippen molar-refractivity contribution in [2.45, 2.75) is 40.5 Å². The van der Waals surface area contributed by atoms with E-state index in [1.165, 1.54) is 28.8 Å². The van der Waals surface area contributed by atoms with Gasteiger partial charge in [0.15, 0.2) is 0 Å². The molecule has 0 fully saturated rings. The lowest BCUT2D eigenvalue weighted by Crippen LogP contribution is -2.25. The quantitative estimate of drug-likeness (QED) is 0.668. The Hall–Kier alpha value is -1.50. The highest BCUT2D eigenvalue weighted by Gasteiger charge is 2.22. The maximum Gasteiger partial charge on any atom is 0.0452 e. The second-order valence-corrected chi connectivity index (χ2v) is 4.87. The molecule has 0 saturated carbocycles. The summed E-state index contributed by atoms with van der Waals surface area (Å²) in [6.45, 7) is 17.5. The molecule has 0 aliphatic heterocycles. The lowest BCUT2D eigenvalue weighted by atomic mass is 9.85. The van der Waals surface area contributed by atoms with Crippen LogP contribution in [0.1, 0.15) is 40.5 Å². The van der Waals surface area contributed by atoms with Gasteiger partial charge in [0.05, 0.1) is 0 Å². The van der Waals surface area contributed by atoms with E-state index in [0.717, 1.165) is 24.1 Å². The average Bonchev–Trinajstić information content (AvgIpc) is 2.37. The predicted octanol–water partition coefficient (Wildman–Crippen LogP) is 4.67. The first-order valence-corrected chi connectivity index (χ1v) is 6.67. The Bertz CT molecular complexity index is 444. The number of rotatable bonds is 6. The third kappa shape index (κ3) is 3.04. The van der Waals surface area contributed by atoms with Crippen LogP contribution in [-0.2, 0) is 0 Å². The maximum atomic E-state index is 4.02. The molecule has 1 aliphatic carbocycles. The van der Waals surface area contributed by atoms with Crippen molar-refractivity contribution in [3.8, 4) is 0 Å². The van der Waals surface area contributed by atoms with E-state index >= 15 is 0 Å². The minimum Gasteiger partial charge on any atom is -0.380 e. The highest BCUT2D eigenvalue weighted by atomic mass is 14.9. The van der Waals surface area contributed by atoms with Gasteiger partial charge in [-0.3, -0.25) is 0 Å². The van der Waals surface area contributed by atoms with Crippen molar-refractivity contribution in [1.82, 2.24) is 5.32 Å². The third-order valence-electron chi connectivity index (χ3n) is 3.49. The SMILES string of the molecule is C=C1C(=C)C(NCC(/C=C\C)=C(\C)CCC)=C1C. The highest BCUT2D eigenvalue weighted by Crippen LogP contribution is 2.35. The van der Waals surface area contributed by atoms with E-state index < -0.39 is 0 Å². The second-order valence-electron chi connectivity index (χ2n) is 4.87. The molecule has 1 N–H and O–H groups in total. The van der Waals surface area contributed by atoms with Crippen molar-refractivity contribution in [2.24, 2.45) is 0 Å². The summed E-state index contributed by atoms with van der Waals surface area (Å²) in [5.41, 5.74) is 7.40. The van der Waals surface area contributed by atoms with Crippen molar-refractivity contribution in [3.63, 3.8) is 0 Å². The highest BCUT2D eigenvalue weighted by molar-refractivity contribution is 5.66. The summed E-state index contributed by atoms with van der Waals surface area (Å²) in [6, 6.07) is 0. The first kappa shape index (κ1) is 14.6. The molecule has 0 aromatic carbocycles. The fourth-order valence-electron chi connectivity index (χ4n) is 2.20. The molecule has 0 atom stereocenters. The van der Waals surface area contributed by atoms with Gasteiger partial charge in [-0.1, -0.05) is 44.2 Å². The summed E-state index contributed by atoms with van der Waals surface area (Å²) in [6.07, 6.45) is 6.65. The molecule has 18 heavy (non-hydrogen) atoms. The standard InChI is InChI=1S/C17H25N/c1-7-9-12(3)16(10-8-2)11-18-17-14(5)13(4)15(17)6/h8,10,18H,4-5,7,9,11H2,1-3,6H3/b10-8-,16-12+. The fraction of sp³-hybridized carbons (Fsp3) is 0.412. The van der Waals surface area contributed by atoms with Crippen molar-refractivity contribution >= 4 is 0 Å². The summed E-state index contributed by atoms with van der Waals surface area (Å²) >= 11 is 0. The van der Waals surface area contributed by atoms with Gasteiger partial charge in [-0.25, -0.2) is 0 Å². The van der Waals surface area contributed by atoms with Crippen LogP contribution in [0.4, 0.5) is 0 Å². The summed E-state index contributed by atoms with van der Waals surface area (Å²) < 4.78 is 0. The average molecular weight is 243 g/mol. The van der Waals surface area contributed by atoms with Gasteiger partial charge in [0, 0.05) is 12.2 Å². The van der Waals surface area contributed by atoms with Crippen LogP contribution >= 0.6 is 0 Å². The van der Waals surface area contributed by atoms with Crippen molar-refractivity contribution in [2.75, 3.05) is 6.54 Å². The number of hydrogen-bond donors (Lipinski definition) is 1. The zero-order valence-electron chi connectivity index (χ0n) is 12.2. The van der Waals surface area contributed by atoms with E-state index in [2.05, 4.69) is 58.3 Å². The Labute approximate surface area is 112 Å². The first-order chi connectivity index (χ1) is 8.52. The van der Waals surface area contributed by atoms with Crippen LogP contribution in [0, 0.1) is 0 Å². The third-order valence-corrected chi connectivity index (χ3v) is 3.49. The topological polar surface area (TPSA) is 12.0 Å². The van der Waals surface area contributed by atoms with Gasteiger partial charge < -0.3 is 5.32 Å². The molecule has 1 aliphatic rings. The number of nitrogens with one attached hydrogen (secondary N) is 1. The number of allylic oxidation sites excluding steroid dienone is 4. The molecule has 0 amide bonds. The molecule has 0 radical (unpaired) electrons. The monoisotopic (exact) mass is 243 g/mol. The molecule has 1 rings (SSSR count). The number of hydrogen-bond acceptors (Lipinski definition) is 1. The molecule has 0 aromatic rings. The molecule has 0 spiro atoms. The van der Waals surface area contributed by atoms with E-state index in [1.54, 1.807) is 0 Å². The molecular formula is C17H25N. The minimum absolute atomic E-state index is 0.870. The summed E-state index contributed by atoms with van der Waals surface area (Å²) in [7, 11) is 0. The predicted molar refractivity (Wildman–Crippen MR) is 81.4 cm³/mol. The molecule has 0 bridgehead atoms. The maximum absolute atomic E-state index is 4.02. The van der Waals surface area contributed by atoms with Crippen molar-refractivity contribution in [1.29, 1.82) is 0 Å². The molecule has 0 saturated heterocycles. The van der Waals surface area contributed by atoms with Gasteiger partial charge in [-0.15, -0.1) is 0 Å². The van der Waals surface area contributed by atoms with Crippen LogP contribution in [-0.4, -0.2) is 6.54 Å². The van der Waals surface area contributed by atoms with Crippen LogP contribution in [0.5, 0.6) is 0 Å². The van der Waals surface area contributed by atoms with Crippen LogP contribution in [0.15, 0.2) is 58.9 Å². The van der Waals surface area contributed by atoms with Crippen LogP contribution in [0.3, 0.4) is 0 Å². The van der Waals surface area contributed by atoms with Gasteiger partial charge in [-0.05, 0) is 49.5 Å². The van der Waals surface area contributed by atoms with Crippen LogP contribution in [0.2, 0.25) is 0 Å². The van der Waals surface area contributed by atoms with Crippen LogP contribution in [0.25, 0.3) is 0 Å². The Morgan fingerprint density at radius 1 is 1.28 bits per heavy atom. The molecular weight excluding hydrogens is 218 g/mol. The van der Waals surface area contributed by atoms with E-state index in [9.17, 15) is 0 Å². The van der Waals surface area contributed by atoms with Gasteiger partial charge in [0.1, 0.15) is 0 Å². The fourth-order valence-corrected chi connectivity index (χ4v) is 2.20. The van der Waals surface area contributed by atoms with E-state index in [0.29, 0.717) is 0 Å². The molecule has 98 valence electrons. The summed E-state index contributed by atoms with van der Waals surface area (Å²) in [5.74, 6) is 0. The Morgan fingerprint density at radius 3 is 2.44 bits per heavy atom. The molecule has 1 nitrogen and oxygen atoms in total. The van der Waals surface area contributed by atoms with Gasteiger partial charge >= 0.3 is 0 Å². The normalized spacial score (nSPS) is 17.1. The largest absolute Gasteiger partial charge is 0.380 e. The van der Waals surface area contributed by atoms with Gasteiger partial charge in [0.25, 0.3) is 0 Å². The molecule has 1 heteroatoms. The molecule has 0 aromatic heterocycles. The Balaban J connectivity index is 2.74. The first-order valence-electron chi connectivity index (χ1n) is 6.67. The van der Waals surface area contributed by atoms with Gasteiger partial charge in [-0.2, -0.15) is 0 Å². The zero-order valence-corrected chi connectivity index (χ0v) is 12.2. The van der Waals surface area contributed by atoms with E-state index in [4.69, 9.17) is 0 Å². The summed E-state index contributed by atoms with van der Waals surface area (Å²) in [5, 5.41) is 3.48. The van der Waals surface area contributed by atoms with Crippen molar-refractivity contribution in [3.05, 3.63) is 58.9 Å².